The van der Waals surface area contributed by atoms with Crippen molar-refractivity contribution in [2.75, 3.05) is 0 Å². The van der Waals surface area contributed by atoms with Crippen molar-refractivity contribution in [3.8, 4) is 5.75 Å². The number of aromatic nitrogens is 1. The van der Waals surface area contributed by atoms with E-state index in [1.54, 1.807) is 0 Å². The van der Waals surface area contributed by atoms with E-state index in [9.17, 15) is 0 Å². The van der Waals surface area contributed by atoms with Gasteiger partial charge in [0.2, 0.25) is 0 Å². The Bertz CT molecular complexity index is 508. The van der Waals surface area contributed by atoms with E-state index in [0.29, 0.717) is 0 Å². The Morgan fingerprint density at radius 1 is 1.05 bits per heavy atom. The largest absolute Gasteiger partial charge is 0.491 e. The van der Waals surface area contributed by atoms with Crippen molar-refractivity contribution in [2.45, 2.75) is 39.5 Å². The second-order valence-corrected chi connectivity index (χ2v) is 5.17. The van der Waals surface area contributed by atoms with E-state index in [1.807, 2.05) is 50.4 Å². The minimum Gasteiger partial charge on any atom is -0.491 e. The fourth-order valence-electron chi connectivity index (χ4n) is 1.97. The number of hydrogen-bond acceptors (Lipinski definition) is 3. The van der Waals surface area contributed by atoms with Crippen LogP contribution < -0.4 is 10.1 Å². The lowest BCUT2D eigenvalue weighted by molar-refractivity contribution is 0.242. The van der Waals surface area contributed by atoms with E-state index in [4.69, 9.17) is 4.74 Å². The Morgan fingerprint density at radius 2 is 1.80 bits per heavy atom. The van der Waals surface area contributed by atoms with Gasteiger partial charge in [-0.3, -0.25) is 4.98 Å². The van der Waals surface area contributed by atoms with Crippen LogP contribution in [0.2, 0.25) is 0 Å². The normalized spacial score (nSPS) is 12.4. The molecule has 20 heavy (non-hydrogen) atoms. The fraction of sp³-hybridized carbons (Fsp3) is 0.353. The molecule has 1 heterocycles. The first kappa shape index (κ1) is 14.5. The van der Waals surface area contributed by atoms with Crippen LogP contribution in [-0.4, -0.2) is 11.1 Å². The van der Waals surface area contributed by atoms with Crippen molar-refractivity contribution in [1.29, 1.82) is 0 Å². The summed E-state index contributed by atoms with van der Waals surface area (Å²) < 4.78 is 5.63. The molecular formula is C17H22N2O. The standard InChI is InChI=1S/C17H22N2O/c1-13(2)20-16-9-7-15(8-10-16)12-19-14(3)17-6-4-5-11-18-17/h4-11,13-14,19H,12H2,1-3H3. The van der Waals surface area contributed by atoms with Crippen molar-refractivity contribution >= 4 is 0 Å². The summed E-state index contributed by atoms with van der Waals surface area (Å²) in [5.74, 6) is 0.918. The number of ether oxygens (including phenoxy) is 1. The molecule has 1 aromatic carbocycles. The third-order valence-electron chi connectivity index (χ3n) is 3.04. The van der Waals surface area contributed by atoms with Gasteiger partial charge >= 0.3 is 0 Å². The Labute approximate surface area is 121 Å². The Morgan fingerprint density at radius 3 is 2.40 bits per heavy atom. The summed E-state index contributed by atoms with van der Waals surface area (Å²) in [5.41, 5.74) is 2.30. The van der Waals surface area contributed by atoms with E-state index >= 15 is 0 Å². The van der Waals surface area contributed by atoms with Crippen LogP contribution >= 0.6 is 0 Å². The lowest BCUT2D eigenvalue weighted by Gasteiger charge is -2.14. The summed E-state index contributed by atoms with van der Waals surface area (Å²) >= 11 is 0. The molecule has 1 N–H and O–H groups in total. The zero-order valence-corrected chi connectivity index (χ0v) is 12.3. The first-order chi connectivity index (χ1) is 9.65. The molecular weight excluding hydrogens is 248 g/mol. The van der Waals surface area contributed by atoms with Crippen LogP contribution in [0.1, 0.15) is 38.1 Å². The molecule has 0 aliphatic carbocycles. The van der Waals surface area contributed by atoms with Crippen LogP contribution in [0, 0.1) is 0 Å². The first-order valence-electron chi connectivity index (χ1n) is 7.05. The van der Waals surface area contributed by atoms with Gasteiger partial charge in [0.05, 0.1) is 11.8 Å². The molecule has 0 aliphatic rings. The summed E-state index contributed by atoms with van der Waals surface area (Å²) in [7, 11) is 0. The molecule has 2 aromatic rings. The van der Waals surface area contributed by atoms with Crippen molar-refractivity contribution in [3.63, 3.8) is 0 Å². The summed E-state index contributed by atoms with van der Waals surface area (Å²) in [5, 5.41) is 3.47. The molecule has 0 radical (unpaired) electrons. The average Bonchev–Trinajstić information content (AvgIpc) is 2.46. The van der Waals surface area contributed by atoms with Gasteiger partial charge in [0.15, 0.2) is 0 Å². The fourth-order valence-corrected chi connectivity index (χ4v) is 1.97. The van der Waals surface area contributed by atoms with Crippen molar-refractivity contribution < 1.29 is 4.74 Å². The minimum atomic E-state index is 0.211. The zero-order chi connectivity index (χ0) is 14.4. The maximum Gasteiger partial charge on any atom is 0.119 e. The molecule has 2 rings (SSSR count). The van der Waals surface area contributed by atoms with Gasteiger partial charge in [0.25, 0.3) is 0 Å². The van der Waals surface area contributed by atoms with E-state index < -0.39 is 0 Å². The summed E-state index contributed by atoms with van der Waals surface area (Å²) in [6.07, 6.45) is 2.04. The second kappa shape index (κ2) is 7.06. The highest BCUT2D eigenvalue weighted by atomic mass is 16.5. The molecule has 106 valence electrons. The molecule has 0 aliphatic heterocycles. The second-order valence-electron chi connectivity index (χ2n) is 5.17. The average molecular weight is 270 g/mol. The molecule has 0 amide bonds. The molecule has 1 atom stereocenters. The topological polar surface area (TPSA) is 34.1 Å². The number of rotatable bonds is 6. The smallest absolute Gasteiger partial charge is 0.119 e. The third-order valence-corrected chi connectivity index (χ3v) is 3.04. The Kier molecular flexibility index (Phi) is 5.13. The number of nitrogens with zero attached hydrogens (tertiary/aromatic N) is 1. The maximum absolute atomic E-state index is 5.63. The molecule has 3 nitrogen and oxygen atoms in total. The van der Waals surface area contributed by atoms with Crippen molar-refractivity contribution in [1.82, 2.24) is 10.3 Å². The highest BCUT2D eigenvalue weighted by molar-refractivity contribution is 5.27. The molecule has 0 saturated heterocycles. The molecule has 3 heteroatoms. The van der Waals surface area contributed by atoms with Crippen LogP contribution in [0.4, 0.5) is 0 Å². The predicted octanol–water partition coefficient (Wildman–Crippen LogP) is 3.72. The number of nitrogens with one attached hydrogen (secondary N) is 1. The highest BCUT2D eigenvalue weighted by Crippen LogP contribution is 2.15. The van der Waals surface area contributed by atoms with Gasteiger partial charge < -0.3 is 10.1 Å². The van der Waals surface area contributed by atoms with Gasteiger partial charge in [-0.1, -0.05) is 18.2 Å². The van der Waals surface area contributed by atoms with Crippen LogP contribution in [0.25, 0.3) is 0 Å². The van der Waals surface area contributed by atoms with Crippen LogP contribution in [0.15, 0.2) is 48.7 Å². The SMILES string of the molecule is CC(C)Oc1ccc(CNC(C)c2ccccn2)cc1. The van der Waals surface area contributed by atoms with Crippen molar-refractivity contribution in [3.05, 3.63) is 59.9 Å². The molecule has 0 fully saturated rings. The molecule has 1 unspecified atom stereocenters. The van der Waals surface area contributed by atoms with E-state index in [-0.39, 0.29) is 12.1 Å². The Balaban J connectivity index is 1.88. The third kappa shape index (κ3) is 4.35. The zero-order valence-electron chi connectivity index (χ0n) is 12.3. The molecule has 0 bridgehead atoms. The number of pyridine rings is 1. The minimum absolute atomic E-state index is 0.211. The van der Waals surface area contributed by atoms with E-state index in [0.717, 1.165) is 18.0 Å². The monoisotopic (exact) mass is 270 g/mol. The maximum atomic E-state index is 5.63. The Hall–Kier alpha value is -1.87. The van der Waals surface area contributed by atoms with Crippen LogP contribution in [0.5, 0.6) is 5.75 Å². The van der Waals surface area contributed by atoms with Crippen LogP contribution in [0.3, 0.4) is 0 Å². The molecule has 0 spiro atoms. The van der Waals surface area contributed by atoms with Crippen molar-refractivity contribution in [2.24, 2.45) is 0 Å². The highest BCUT2D eigenvalue weighted by Gasteiger charge is 2.05. The van der Waals surface area contributed by atoms with E-state index in [1.165, 1.54) is 5.56 Å². The van der Waals surface area contributed by atoms with E-state index in [2.05, 4.69) is 29.4 Å². The summed E-state index contributed by atoms with van der Waals surface area (Å²) in [4.78, 5) is 4.36. The van der Waals surface area contributed by atoms with Gasteiger partial charge in [0, 0.05) is 18.8 Å². The van der Waals surface area contributed by atoms with Gasteiger partial charge in [-0.05, 0) is 50.6 Å². The van der Waals surface area contributed by atoms with Gasteiger partial charge in [0.1, 0.15) is 5.75 Å². The molecule has 0 saturated carbocycles. The predicted molar refractivity (Wildman–Crippen MR) is 81.7 cm³/mol. The van der Waals surface area contributed by atoms with Gasteiger partial charge in [-0.25, -0.2) is 0 Å². The van der Waals surface area contributed by atoms with Gasteiger partial charge in [-0.15, -0.1) is 0 Å². The van der Waals surface area contributed by atoms with Crippen LogP contribution in [-0.2, 0) is 6.54 Å². The number of benzene rings is 1. The molecule has 1 aromatic heterocycles. The first-order valence-corrected chi connectivity index (χ1v) is 7.05. The quantitative estimate of drug-likeness (QED) is 0.868. The summed E-state index contributed by atoms with van der Waals surface area (Å²) in [6, 6.07) is 14.4. The lowest BCUT2D eigenvalue weighted by Crippen LogP contribution is -2.18. The lowest BCUT2D eigenvalue weighted by atomic mass is 10.1. The summed E-state index contributed by atoms with van der Waals surface area (Å²) in [6.45, 7) is 7.01. The number of hydrogen-bond donors (Lipinski definition) is 1. The van der Waals surface area contributed by atoms with Gasteiger partial charge in [-0.2, -0.15) is 0 Å².